The molecular formula is C72H134O6. The standard InChI is InChI=1S/C72H134O6/c1-4-7-10-13-16-19-22-24-26-28-30-31-32-33-34-35-36-37-38-39-40-41-42-44-45-47-50-53-56-59-62-65-71(74)77-68-69(67-76-70(73)64-61-58-55-52-49-21-18-15-12-9-6-3)78-72(75)66-63-60-57-54-51-48-46-43-29-27-25-23-20-17-14-11-8-5-2/h15,18,27-30,69H,4-14,16-17,19-26,31-68H2,1-3H3/b18-15-,29-27-,30-28-. The molecule has 0 saturated heterocycles. The zero-order chi connectivity index (χ0) is 56.4. The molecule has 78 heavy (non-hydrogen) atoms. The predicted octanol–water partition coefficient (Wildman–Crippen LogP) is 23.9. The first-order chi connectivity index (χ1) is 38.5. The van der Waals surface area contributed by atoms with E-state index in [9.17, 15) is 14.4 Å². The fraction of sp³-hybridized carbons (Fsp3) is 0.875. The molecule has 6 heteroatoms. The fourth-order valence-corrected chi connectivity index (χ4v) is 10.5. The Morgan fingerprint density at radius 3 is 0.679 bits per heavy atom. The van der Waals surface area contributed by atoms with Gasteiger partial charge in [0.15, 0.2) is 6.10 Å². The van der Waals surface area contributed by atoms with Crippen LogP contribution in [-0.2, 0) is 28.6 Å². The molecule has 0 aromatic rings. The van der Waals surface area contributed by atoms with E-state index in [2.05, 4.69) is 57.2 Å². The van der Waals surface area contributed by atoms with Crippen molar-refractivity contribution in [2.24, 2.45) is 0 Å². The van der Waals surface area contributed by atoms with Gasteiger partial charge in [0.05, 0.1) is 0 Å². The van der Waals surface area contributed by atoms with Crippen LogP contribution < -0.4 is 0 Å². The Morgan fingerprint density at radius 2 is 0.436 bits per heavy atom. The second-order valence-electron chi connectivity index (χ2n) is 23.8. The average Bonchev–Trinajstić information content (AvgIpc) is 3.44. The summed E-state index contributed by atoms with van der Waals surface area (Å²) in [6.45, 7) is 6.65. The van der Waals surface area contributed by atoms with Crippen LogP contribution >= 0.6 is 0 Å². The van der Waals surface area contributed by atoms with Crippen LogP contribution in [0.25, 0.3) is 0 Å². The molecule has 1 unspecified atom stereocenters. The monoisotopic (exact) mass is 1100 g/mol. The molecule has 1 atom stereocenters. The third-order valence-corrected chi connectivity index (χ3v) is 15.8. The first-order valence-corrected chi connectivity index (χ1v) is 35.0. The van der Waals surface area contributed by atoms with E-state index in [1.807, 2.05) is 0 Å². The largest absolute Gasteiger partial charge is 0.462 e. The quantitative estimate of drug-likeness (QED) is 0.0261. The summed E-state index contributed by atoms with van der Waals surface area (Å²) in [6, 6.07) is 0. The van der Waals surface area contributed by atoms with Crippen molar-refractivity contribution < 1.29 is 28.6 Å². The lowest BCUT2D eigenvalue weighted by atomic mass is 10.0. The number of carbonyl (C=O) groups is 3. The Morgan fingerprint density at radius 1 is 0.244 bits per heavy atom. The van der Waals surface area contributed by atoms with Crippen molar-refractivity contribution in [1.82, 2.24) is 0 Å². The van der Waals surface area contributed by atoms with Gasteiger partial charge >= 0.3 is 17.9 Å². The Hall–Kier alpha value is -2.37. The minimum absolute atomic E-state index is 0.0723. The maximum absolute atomic E-state index is 12.9. The normalized spacial score (nSPS) is 12.2. The van der Waals surface area contributed by atoms with Crippen molar-refractivity contribution in [2.45, 2.75) is 393 Å². The molecule has 0 heterocycles. The molecule has 6 nitrogen and oxygen atoms in total. The third-order valence-electron chi connectivity index (χ3n) is 15.8. The van der Waals surface area contributed by atoms with Gasteiger partial charge in [0, 0.05) is 19.3 Å². The summed E-state index contributed by atoms with van der Waals surface area (Å²) in [4.78, 5) is 38.3. The summed E-state index contributed by atoms with van der Waals surface area (Å²) in [7, 11) is 0. The number of rotatable bonds is 65. The van der Waals surface area contributed by atoms with Gasteiger partial charge in [-0.15, -0.1) is 0 Å². The molecule has 0 N–H and O–H groups in total. The van der Waals surface area contributed by atoms with Crippen LogP contribution in [0.15, 0.2) is 36.5 Å². The van der Waals surface area contributed by atoms with E-state index in [-0.39, 0.29) is 31.1 Å². The maximum atomic E-state index is 12.9. The molecule has 0 bridgehead atoms. The summed E-state index contributed by atoms with van der Waals surface area (Å²) in [5, 5.41) is 0. The van der Waals surface area contributed by atoms with Gasteiger partial charge in [0.25, 0.3) is 0 Å². The fourth-order valence-electron chi connectivity index (χ4n) is 10.5. The topological polar surface area (TPSA) is 78.9 Å². The smallest absolute Gasteiger partial charge is 0.306 e. The molecule has 0 rings (SSSR count). The second kappa shape index (κ2) is 67.1. The van der Waals surface area contributed by atoms with Crippen LogP contribution in [0.2, 0.25) is 0 Å². The summed E-state index contributed by atoms with van der Waals surface area (Å²) in [5.74, 6) is -0.863. The molecule has 458 valence electrons. The highest BCUT2D eigenvalue weighted by molar-refractivity contribution is 5.71. The van der Waals surface area contributed by atoms with Gasteiger partial charge in [0.2, 0.25) is 0 Å². The predicted molar refractivity (Wildman–Crippen MR) is 339 cm³/mol. The zero-order valence-electron chi connectivity index (χ0n) is 52.7. The highest BCUT2D eigenvalue weighted by Gasteiger charge is 2.19. The first-order valence-electron chi connectivity index (χ1n) is 35.0. The lowest BCUT2D eigenvalue weighted by molar-refractivity contribution is -0.167. The van der Waals surface area contributed by atoms with Gasteiger partial charge < -0.3 is 14.2 Å². The first kappa shape index (κ1) is 75.6. The molecule has 0 spiro atoms. The zero-order valence-corrected chi connectivity index (χ0v) is 52.7. The average molecular weight is 1100 g/mol. The Bertz CT molecular complexity index is 1300. The van der Waals surface area contributed by atoms with Gasteiger partial charge in [-0.1, -0.05) is 314 Å². The summed E-state index contributed by atoms with van der Waals surface area (Å²) in [5.41, 5.74) is 0. The second-order valence-corrected chi connectivity index (χ2v) is 23.8. The van der Waals surface area contributed by atoms with Crippen molar-refractivity contribution in [3.05, 3.63) is 36.5 Å². The molecule has 0 aromatic heterocycles. The van der Waals surface area contributed by atoms with E-state index in [1.165, 1.54) is 283 Å². The van der Waals surface area contributed by atoms with Gasteiger partial charge in [-0.3, -0.25) is 14.4 Å². The molecule has 0 fully saturated rings. The van der Waals surface area contributed by atoms with Crippen molar-refractivity contribution >= 4 is 17.9 Å². The minimum Gasteiger partial charge on any atom is -0.462 e. The molecule has 0 amide bonds. The number of hydrogen-bond acceptors (Lipinski definition) is 6. The number of hydrogen-bond donors (Lipinski definition) is 0. The van der Waals surface area contributed by atoms with Crippen LogP contribution in [0.3, 0.4) is 0 Å². The molecular weight excluding hydrogens is 961 g/mol. The third kappa shape index (κ3) is 64.5. The number of unbranched alkanes of at least 4 members (excludes halogenated alkanes) is 48. The van der Waals surface area contributed by atoms with E-state index < -0.39 is 6.10 Å². The number of ether oxygens (including phenoxy) is 3. The van der Waals surface area contributed by atoms with Crippen molar-refractivity contribution in [3.8, 4) is 0 Å². The Labute approximate surface area is 486 Å². The lowest BCUT2D eigenvalue weighted by Crippen LogP contribution is -2.30. The van der Waals surface area contributed by atoms with E-state index in [0.717, 1.165) is 64.2 Å². The van der Waals surface area contributed by atoms with Gasteiger partial charge in [-0.2, -0.15) is 0 Å². The number of allylic oxidation sites excluding steroid dienone is 6. The summed E-state index contributed by atoms with van der Waals surface area (Å²) < 4.78 is 16.9. The van der Waals surface area contributed by atoms with Gasteiger partial charge in [-0.05, 0) is 89.9 Å². The molecule has 0 aliphatic carbocycles. The van der Waals surface area contributed by atoms with Crippen LogP contribution in [0.5, 0.6) is 0 Å². The molecule has 0 aliphatic heterocycles. The lowest BCUT2D eigenvalue weighted by Gasteiger charge is -2.18. The van der Waals surface area contributed by atoms with E-state index in [1.54, 1.807) is 0 Å². The van der Waals surface area contributed by atoms with Crippen LogP contribution in [-0.4, -0.2) is 37.2 Å². The van der Waals surface area contributed by atoms with Gasteiger partial charge in [0.1, 0.15) is 13.2 Å². The van der Waals surface area contributed by atoms with Gasteiger partial charge in [-0.25, -0.2) is 0 Å². The number of carbonyl (C=O) groups excluding carboxylic acids is 3. The molecule has 0 radical (unpaired) electrons. The van der Waals surface area contributed by atoms with Crippen LogP contribution in [0, 0.1) is 0 Å². The molecule has 0 aliphatic rings. The SMILES string of the molecule is CCCC/C=C\CCCCCCCC(=O)OCC(COC(=O)CCCCCCCCCCCCCCCCCCCCC/C=C\CCCCCCCCCC)OC(=O)CCCCCCCCC/C=C\CCCCCCCCC. The highest BCUT2D eigenvalue weighted by Crippen LogP contribution is 2.18. The summed E-state index contributed by atoms with van der Waals surface area (Å²) in [6.07, 6.45) is 83.3. The van der Waals surface area contributed by atoms with Crippen molar-refractivity contribution in [2.75, 3.05) is 13.2 Å². The van der Waals surface area contributed by atoms with Crippen LogP contribution in [0.1, 0.15) is 387 Å². The van der Waals surface area contributed by atoms with Crippen molar-refractivity contribution in [3.63, 3.8) is 0 Å². The maximum Gasteiger partial charge on any atom is 0.306 e. The molecule has 0 aromatic carbocycles. The van der Waals surface area contributed by atoms with E-state index in [0.29, 0.717) is 19.3 Å². The summed E-state index contributed by atoms with van der Waals surface area (Å²) >= 11 is 0. The van der Waals surface area contributed by atoms with E-state index in [4.69, 9.17) is 14.2 Å². The molecule has 0 saturated carbocycles. The minimum atomic E-state index is -0.776. The van der Waals surface area contributed by atoms with Crippen LogP contribution in [0.4, 0.5) is 0 Å². The Kier molecular flexibility index (Phi) is 65.1. The highest BCUT2D eigenvalue weighted by atomic mass is 16.6. The van der Waals surface area contributed by atoms with E-state index >= 15 is 0 Å². The number of esters is 3. The Balaban J connectivity index is 4.11. The van der Waals surface area contributed by atoms with Crippen molar-refractivity contribution in [1.29, 1.82) is 0 Å².